The molecule has 6 heteroatoms. The Kier molecular flexibility index (Phi) is 9.32. The van der Waals surface area contributed by atoms with Crippen molar-refractivity contribution in [3.8, 4) is 96.1 Å². The topological polar surface area (TPSA) is 65.7 Å². The van der Waals surface area contributed by atoms with E-state index in [1.165, 1.54) is 16.7 Å². The van der Waals surface area contributed by atoms with Crippen molar-refractivity contribution in [2.24, 2.45) is 0 Å². The molecule has 0 N–H and O–H groups in total. The van der Waals surface area contributed by atoms with Gasteiger partial charge in [-0.2, -0.15) is 0 Å². The van der Waals surface area contributed by atoms with Gasteiger partial charge in [-0.25, -0.2) is 19.9 Å². The van der Waals surface area contributed by atoms with Crippen molar-refractivity contribution in [2.75, 3.05) is 0 Å². The van der Waals surface area contributed by atoms with Gasteiger partial charge in [0.1, 0.15) is 17.3 Å². The first-order valence-electron chi connectivity index (χ1n) is 24.0. The summed E-state index contributed by atoms with van der Waals surface area (Å²) in [5, 5.41) is 0. The van der Waals surface area contributed by atoms with E-state index in [0.29, 0.717) is 17.5 Å². The maximum atomic E-state index is 6.74. The lowest BCUT2D eigenvalue weighted by atomic mass is 9.65. The van der Waals surface area contributed by atoms with Crippen LogP contribution in [-0.2, 0) is 5.41 Å². The van der Waals surface area contributed by atoms with Crippen LogP contribution in [0.4, 0.5) is 0 Å². The molecule has 2 aliphatic rings. The van der Waals surface area contributed by atoms with Crippen molar-refractivity contribution in [1.82, 2.24) is 24.5 Å². The average Bonchev–Trinajstić information content (AvgIpc) is 3.98. The zero-order chi connectivity index (χ0) is 46.9. The number of hydrogen-bond acceptors (Lipinski definition) is 5. The molecular weight excluding hydrogens is 867 g/mol. The molecule has 12 aromatic rings. The third-order valence-electron chi connectivity index (χ3n) is 14.2. The maximum Gasteiger partial charge on any atom is 0.164 e. The molecule has 1 spiro atoms. The molecule has 0 radical (unpaired) electrons. The standard InChI is InChI=1S/C65H41N5O/c1-4-16-45(17-5-1)61-67-62(46-18-6-2-7-19-46)69-63(68-61)49-35-39-52-51-38-34-48(40-55(51)65(56(52)41-49)53-22-10-14-26-59(53)71-60-27-15-11-23-54(60)65)44-30-28-42(29-31-44)43-32-36-50(37-33-43)70-58-25-13-12-24-57(58)66-64(70)47-20-8-3-9-21-47/h1-41H. The molecule has 0 amide bonds. The second kappa shape index (κ2) is 16.3. The summed E-state index contributed by atoms with van der Waals surface area (Å²) in [6.45, 7) is 0. The minimum absolute atomic E-state index is 0.614. The van der Waals surface area contributed by atoms with Gasteiger partial charge in [0.15, 0.2) is 17.5 Å². The molecule has 6 nitrogen and oxygen atoms in total. The van der Waals surface area contributed by atoms with Gasteiger partial charge in [0.2, 0.25) is 0 Å². The second-order valence-corrected chi connectivity index (χ2v) is 18.2. The predicted octanol–water partition coefficient (Wildman–Crippen LogP) is 15.7. The molecule has 71 heavy (non-hydrogen) atoms. The molecule has 0 atom stereocenters. The van der Waals surface area contributed by atoms with E-state index in [1.807, 2.05) is 72.8 Å². The van der Waals surface area contributed by atoms with Crippen molar-refractivity contribution < 1.29 is 4.74 Å². The van der Waals surface area contributed by atoms with Crippen LogP contribution in [0.3, 0.4) is 0 Å². The van der Waals surface area contributed by atoms with E-state index in [1.54, 1.807) is 0 Å². The Morgan fingerprint density at radius 2 is 0.732 bits per heavy atom. The Morgan fingerprint density at radius 3 is 1.31 bits per heavy atom. The van der Waals surface area contributed by atoms with Crippen molar-refractivity contribution in [2.45, 2.75) is 5.41 Å². The second-order valence-electron chi connectivity index (χ2n) is 18.2. The highest BCUT2D eigenvalue weighted by molar-refractivity contribution is 5.92. The van der Waals surface area contributed by atoms with E-state index in [2.05, 4.69) is 180 Å². The molecule has 0 saturated carbocycles. The summed E-state index contributed by atoms with van der Waals surface area (Å²) in [4.78, 5) is 20.4. The normalized spacial score (nSPS) is 12.7. The summed E-state index contributed by atoms with van der Waals surface area (Å²) in [7, 11) is 0. The third kappa shape index (κ3) is 6.57. The van der Waals surface area contributed by atoms with Crippen molar-refractivity contribution in [3.05, 3.63) is 271 Å². The van der Waals surface area contributed by atoms with Crippen molar-refractivity contribution >= 4 is 11.0 Å². The highest BCUT2D eigenvalue weighted by atomic mass is 16.5. The minimum Gasteiger partial charge on any atom is -0.457 e. The molecule has 0 saturated heterocycles. The monoisotopic (exact) mass is 907 g/mol. The summed E-state index contributed by atoms with van der Waals surface area (Å²) < 4.78 is 9.00. The van der Waals surface area contributed by atoms with Gasteiger partial charge in [-0.15, -0.1) is 0 Å². The zero-order valence-corrected chi connectivity index (χ0v) is 38.3. The molecule has 332 valence electrons. The SMILES string of the molecule is c1ccc(-c2nc(-c3ccccc3)nc(-c3ccc4c(c3)C3(c5ccccc5Oc5ccccc53)c3cc(-c5ccc(-c6ccc(-n7c(-c8ccccc8)nc8ccccc87)cc6)cc5)ccc3-4)n2)cc1. The molecule has 3 heterocycles. The predicted molar refractivity (Wildman–Crippen MR) is 284 cm³/mol. The first kappa shape index (κ1) is 40.5. The Bertz CT molecular complexity index is 3900. The fourth-order valence-corrected chi connectivity index (χ4v) is 10.9. The number of para-hydroxylation sites is 4. The van der Waals surface area contributed by atoms with E-state index in [9.17, 15) is 0 Å². The summed E-state index contributed by atoms with van der Waals surface area (Å²) in [6.07, 6.45) is 0. The molecule has 0 unspecified atom stereocenters. The molecule has 0 fully saturated rings. The molecular formula is C65H41N5O. The Hall–Kier alpha value is -9.52. The van der Waals surface area contributed by atoms with Gasteiger partial charge in [-0.05, 0) is 93.0 Å². The van der Waals surface area contributed by atoms with Crippen LogP contribution in [0.2, 0.25) is 0 Å². The largest absolute Gasteiger partial charge is 0.457 e. The van der Waals surface area contributed by atoms with E-state index in [-0.39, 0.29) is 0 Å². The molecule has 2 aromatic heterocycles. The van der Waals surface area contributed by atoms with Crippen LogP contribution in [0.15, 0.2) is 249 Å². The quantitative estimate of drug-likeness (QED) is 0.159. The fraction of sp³-hybridized carbons (Fsp3) is 0.0154. The number of rotatable bonds is 7. The van der Waals surface area contributed by atoms with Gasteiger partial charge in [0.25, 0.3) is 0 Å². The minimum atomic E-state index is -0.706. The first-order valence-corrected chi connectivity index (χ1v) is 24.0. The Morgan fingerprint density at radius 1 is 0.310 bits per heavy atom. The number of fused-ring (bicyclic) bond motifs is 10. The number of nitrogens with zero attached hydrogens (tertiary/aromatic N) is 5. The van der Waals surface area contributed by atoms with E-state index in [0.717, 1.165) is 95.2 Å². The maximum absolute atomic E-state index is 6.74. The van der Waals surface area contributed by atoms with Crippen LogP contribution in [0, 0.1) is 0 Å². The van der Waals surface area contributed by atoms with Gasteiger partial charge in [-0.3, -0.25) is 4.57 Å². The van der Waals surface area contributed by atoms with Crippen LogP contribution < -0.4 is 4.74 Å². The van der Waals surface area contributed by atoms with E-state index >= 15 is 0 Å². The molecule has 1 aliphatic carbocycles. The smallest absolute Gasteiger partial charge is 0.164 e. The molecule has 0 bridgehead atoms. The zero-order valence-electron chi connectivity index (χ0n) is 38.3. The molecule has 14 rings (SSSR count). The summed E-state index contributed by atoms with van der Waals surface area (Å²) in [6, 6.07) is 87.5. The lowest BCUT2D eigenvalue weighted by Gasteiger charge is -2.39. The van der Waals surface area contributed by atoms with Gasteiger partial charge < -0.3 is 4.74 Å². The number of aromatic nitrogens is 5. The van der Waals surface area contributed by atoms with Gasteiger partial charge in [0.05, 0.1) is 16.4 Å². The lowest BCUT2D eigenvalue weighted by Crippen LogP contribution is -2.32. The summed E-state index contributed by atoms with van der Waals surface area (Å²) in [5.41, 5.74) is 17.7. The molecule has 1 aliphatic heterocycles. The average molecular weight is 908 g/mol. The third-order valence-corrected chi connectivity index (χ3v) is 14.2. The van der Waals surface area contributed by atoms with Crippen LogP contribution in [-0.4, -0.2) is 24.5 Å². The number of imidazole rings is 1. The highest BCUT2D eigenvalue weighted by Gasteiger charge is 2.51. The molecule has 10 aromatic carbocycles. The summed E-state index contributed by atoms with van der Waals surface area (Å²) in [5.74, 6) is 4.47. The van der Waals surface area contributed by atoms with E-state index in [4.69, 9.17) is 24.7 Å². The summed E-state index contributed by atoms with van der Waals surface area (Å²) >= 11 is 0. The van der Waals surface area contributed by atoms with E-state index < -0.39 is 5.41 Å². The van der Waals surface area contributed by atoms with Gasteiger partial charge in [0, 0.05) is 39.1 Å². The number of ether oxygens (including phenoxy) is 1. The van der Waals surface area contributed by atoms with Gasteiger partial charge in [-0.1, -0.05) is 200 Å². The number of benzene rings is 10. The fourth-order valence-electron chi connectivity index (χ4n) is 10.9. The van der Waals surface area contributed by atoms with Crippen molar-refractivity contribution in [1.29, 1.82) is 0 Å². The highest BCUT2D eigenvalue weighted by Crippen LogP contribution is 2.62. The number of hydrogen-bond donors (Lipinski definition) is 0. The van der Waals surface area contributed by atoms with Crippen LogP contribution in [0.25, 0.3) is 95.7 Å². The van der Waals surface area contributed by atoms with Crippen LogP contribution in [0.5, 0.6) is 11.5 Å². The van der Waals surface area contributed by atoms with Gasteiger partial charge >= 0.3 is 0 Å². The lowest BCUT2D eigenvalue weighted by molar-refractivity contribution is 0.436. The first-order chi connectivity index (χ1) is 35.2. The Labute approximate surface area is 410 Å². The Balaban J connectivity index is 0.877. The van der Waals surface area contributed by atoms with Crippen LogP contribution in [0.1, 0.15) is 22.3 Å². The van der Waals surface area contributed by atoms with Crippen molar-refractivity contribution in [3.63, 3.8) is 0 Å². The van der Waals surface area contributed by atoms with Crippen LogP contribution >= 0.6 is 0 Å².